The Hall–Kier alpha value is -0.340. The minimum atomic E-state index is 1.30. The number of thiophene rings is 2. The lowest BCUT2D eigenvalue weighted by Crippen LogP contribution is -1.87. The molecular formula is C28H48S2. The molecule has 0 bridgehead atoms. The molecule has 2 rings (SSSR count). The summed E-state index contributed by atoms with van der Waals surface area (Å²) in [7, 11) is 0. The number of aryl methyl sites for hydroxylation is 4. The van der Waals surface area contributed by atoms with Crippen molar-refractivity contribution in [1.29, 1.82) is 0 Å². The molecule has 2 aromatic rings. The van der Waals surface area contributed by atoms with Crippen molar-refractivity contribution in [2.45, 2.75) is 143 Å². The zero-order chi connectivity index (χ0) is 21.6. The summed E-state index contributed by atoms with van der Waals surface area (Å²) in [6.07, 6.45) is 25.3. The number of hydrogen-bond donors (Lipinski definition) is 0. The Morgan fingerprint density at radius 2 is 0.733 bits per heavy atom. The first-order valence-electron chi connectivity index (χ1n) is 13.2. The Bertz CT molecular complexity index is 631. The van der Waals surface area contributed by atoms with Gasteiger partial charge in [-0.2, -0.15) is 0 Å². The van der Waals surface area contributed by atoms with Crippen molar-refractivity contribution < 1.29 is 0 Å². The Kier molecular flexibility index (Phi) is 13.4. The molecule has 0 aliphatic heterocycles. The Morgan fingerprint density at radius 1 is 0.433 bits per heavy atom. The van der Waals surface area contributed by atoms with Crippen molar-refractivity contribution in [3.63, 3.8) is 0 Å². The summed E-state index contributed by atoms with van der Waals surface area (Å²) in [5.74, 6) is 0. The third-order valence-corrected chi connectivity index (χ3v) is 9.22. The van der Waals surface area contributed by atoms with Gasteiger partial charge in [0.2, 0.25) is 0 Å². The van der Waals surface area contributed by atoms with Gasteiger partial charge in [-0.1, -0.05) is 104 Å². The number of fused-ring (bicyclic) bond motifs is 1. The van der Waals surface area contributed by atoms with Gasteiger partial charge >= 0.3 is 0 Å². The molecule has 0 unspecified atom stereocenters. The van der Waals surface area contributed by atoms with Crippen LogP contribution >= 0.6 is 22.7 Å². The van der Waals surface area contributed by atoms with Gasteiger partial charge in [0.05, 0.1) is 0 Å². The number of hydrogen-bond acceptors (Lipinski definition) is 2. The van der Waals surface area contributed by atoms with E-state index in [9.17, 15) is 0 Å². The normalized spacial score (nSPS) is 11.7. The lowest BCUT2D eigenvalue weighted by Gasteiger charge is -2.03. The molecule has 0 radical (unpaired) electrons. The second-order valence-electron chi connectivity index (χ2n) is 9.38. The van der Waals surface area contributed by atoms with Gasteiger partial charge in [-0.15, -0.1) is 22.7 Å². The molecule has 0 aliphatic rings. The van der Waals surface area contributed by atoms with Crippen LogP contribution in [0.2, 0.25) is 0 Å². The van der Waals surface area contributed by atoms with Crippen molar-refractivity contribution in [2.24, 2.45) is 0 Å². The summed E-state index contributed by atoms with van der Waals surface area (Å²) in [6.45, 7) is 9.34. The molecule has 0 saturated carbocycles. The van der Waals surface area contributed by atoms with Gasteiger partial charge in [0.15, 0.2) is 0 Å². The summed E-state index contributed by atoms with van der Waals surface area (Å²) in [5, 5.41) is 0. The molecule has 0 N–H and O–H groups in total. The van der Waals surface area contributed by atoms with Gasteiger partial charge in [-0.25, -0.2) is 0 Å². The fraction of sp³-hybridized carbons (Fsp3) is 0.786. The average molecular weight is 449 g/mol. The zero-order valence-corrected chi connectivity index (χ0v) is 22.2. The van der Waals surface area contributed by atoms with Gasteiger partial charge in [0.25, 0.3) is 0 Å². The number of rotatable bonds is 18. The highest BCUT2D eigenvalue weighted by Gasteiger charge is 2.17. The van der Waals surface area contributed by atoms with Crippen LogP contribution in [0.25, 0.3) is 9.40 Å². The first kappa shape index (κ1) is 25.9. The second-order valence-corrected chi connectivity index (χ2v) is 11.8. The van der Waals surface area contributed by atoms with Gasteiger partial charge in [-0.3, -0.25) is 0 Å². The first-order valence-corrected chi connectivity index (χ1v) is 14.8. The van der Waals surface area contributed by atoms with E-state index in [0.717, 1.165) is 0 Å². The predicted molar refractivity (Wildman–Crippen MR) is 142 cm³/mol. The largest absolute Gasteiger partial charge is 0.139 e. The molecule has 0 aromatic carbocycles. The van der Waals surface area contributed by atoms with Gasteiger partial charge in [0.1, 0.15) is 0 Å². The molecule has 2 aromatic heterocycles. The molecule has 0 fully saturated rings. The molecule has 0 spiro atoms. The molecule has 0 aliphatic carbocycles. The van der Waals surface area contributed by atoms with Crippen LogP contribution in [-0.4, -0.2) is 0 Å². The van der Waals surface area contributed by atoms with E-state index in [1.165, 1.54) is 116 Å². The highest BCUT2D eigenvalue weighted by Crippen LogP contribution is 2.42. The minimum absolute atomic E-state index is 1.30. The van der Waals surface area contributed by atoms with Crippen LogP contribution in [0.1, 0.15) is 137 Å². The maximum Gasteiger partial charge on any atom is 0.0491 e. The van der Waals surface area contributed by atoms with Crippen LogP contribution in [0, 0.1) is 13.8 Å². The van der Waals surface area contributed by atoms with E-state index < -0.39 is 0 Å². The Labute approximate surface area is 195 Å². The van der Waals surface area contributed by atoms with E-state index in [-0.39, 0.29) is 0 Å². The topological polar surface area (TPSA) is 0 Å². The van der Waals surface area contributed by atoms with Crippen LogP contribution < -0.4 is 0 Å². The van der Waals surface area contributed by atoms with Crippen LogP contribution in [0.15, 0.2) is 0 Å². The maximum absolute atomic E-state index is 2.37. The van der Waals surface area contributed by atoms with Crippen molar-refractivity contribution >= 4 is 32.1 Å². The minimum Gasteiger partial charge on any atom is -0.139 e. The van der Waals surface area contributed by atoms with E-state index in [1.807, 2.05) is 0 Å². The highest BCUT2D eigenvalue weighted by molar-refractivity contribution is 7.28. The summed E-state index contributed by atoms with van der Waals surface area (Å²) < 4.78 is 3.29. The molecule has 0 atom stereocenters. The fourth-order valence-electron chi connectivity index (χ4n) is 4.69. The lowest BCUT2D eigenvalue weighted by atomic mass is 10.0. The number of unbranched alkanes of at least 4 members (excludes halogenated alkanes) is 14. The van der Waals surface area contributed by atoms with Crippen LogP contribution in [0.4, 0.5) is 0 Å². The van der Waals surface area contributed by atoms with E-state index in [4.69, 9.17) is 0 Å². The molecule has 0 amide bonds. The van der Waals surface area contributed by atoms with Crippen molar-refractivity contribution in [3.05, 3.63) is 20.9 Å². The summed E-state index contributed by atoms with van der Waals surface area (Å²) in [5.41, 5.74) is 3.38. The molecule has 0 saturated heterocycles. The zero-order valence-electron chi connectivity index (χ0n) is 20.5. The van der Waals surface area contributed by atoms with Gasteiger partial charge in [-0.05, 0) is 50.7 Å². The predicted octanol–water partition coefficient (Wildman–Crippen LogP) is 10.9. The van der Waals surface area contributed by atoms with E-state index in [0.29, 0.717) is 0 Å². The Balaban J connectivity index is 1.75. The maximum atomic E-state index is 2.37. The third kappa shape index (κ3) is 8.65. The smallest absolute Gasteiger partial charge is 0.0491 e. The van der Waals surface area contributed by atoms with Gasteiger partial charge < -0.3 is 0 Å². The fourth-order valence-corrected chi connectivity index (χ4v) is 7.52. The second kappa shape index (κ2) is 15.5. The van der Waals surface area contributed by atoms with E-state index in [2.05, 4.69) is 50.4 Å². The summed E-state index contributed by atoms with van der Waals surface area (Å²) in [6, 6.07) is 0. The van der Waals surface area contributed by atoms with Crippen molar-refractivity contribution in [1.82, 2.24) is 0 Å². The van der Waals surface area contributed by atoms with Crippen LogP contribution in [0.3, 0.4) is 0 Å². The lowest BCUT2D eigenvalue weighted by molar-refractivity contribution is 0.576. The Morgan fingerprint density at radius 3 is 1.07 bits per heavy atom. The van der Waals surface area contributed by atoms with E-state index >= 15 is 0 Å². The standard InChI is InChI=1S/C28H48S2/c1-5-7-9-11-13-15-17-19-21-25-23(3)29-28-26(24(4)30-27(25)28)22-20-18-16-14-12-10-8-6-2/h5-22H2,1-4H3. The molecule has 0 nitrogen and oxygen atoms in total. The quantitative estimate of drug-likeness (QED) is 0.199. The van der Waals surface area contributed by atoms with E-state index in [1.54, 1.807) is 30.3 Å². The average Bonchev–Trinajstić information content (AvgIpc) is 3.19. The van der Waals surface area contributed by atoms with Crippen LogP contribution in [-0.2, 0) is 12.8 Å². The van der Waals surface area contributed by atoms with Crippen molar-refractivity contribution in [3.8, 4) is 0 Å². The molecular weight excluding hydrogens is 400 g/mol. The highest BCUT2D eigenvalue weighted by atomic mass is 32.1. The SMILES string of the molecule is CCCCCCCCCCc1c(C)sc2c(CCCCCCCCCC)c(C)sc12. The van der Waals surface area contributed by atoms with Gasteiger partial charge in [0, 0.05) is 19.2 Å². The van der Waals surface area contributed by atoms with Crippen LogP contribution in [0.5, 0.6) is 0 Å². The summed E-state index contributed by atoms with van der Waals surface area (Å²) >= 11 is 4.18. The molecule has 172 valence electrons. The monoisotopic (exact) mass is 448 g/mol. The molecule has 30 heavy (non-hydrogen) atoms. The summed E-state index contributed by atoms with van der Waals surface area (Å²) in [4.78, 5) is 3.19. The molecule has 2 heteroatoms. The first-order chi connectivity index (χ1) is 14.7. The van der Waals surface area contributed by atoms with Crippen molar-refractivity contribution in [2.75, 3.05) is 0 Å². The third-order valence-electron chi connectivity index (χ3n) is 6.68. The molecule has 2 heterocycles.